The number of fused-ring (bicyclic) bond motifs is 3. The molecule has 1 aliphatic carbocycles. The van der Waals surface area contributed by atoms with Crippen molar-refractivity contribution in [2.75, 3.05) is 0 Å². The van der Waals surface area contributed by atoms with Gasteiger partial charge in [-0.15, -0.1) is 11.3 Å². The number of benzene rings is 1. The molecule has 1 aromatic carbocycles. The van der Waals surface area contributed by atoms with Crippen molar-refractivity contribution in [3.63, 3.8) is 0 Å². The zero-order chi connectivity index (χ0) is 21.3. The van der Waals surface area contributed by atoms with Gasteiger partial charge in [0.2, 0.25) is 0 Å². The number of aromatic nitrogens is 2. The summed E-state index contributed by atoms with van der Waals surface area (Å²) in [6, 6.07) is 5.76. The lowest BCUT2D eigenvalue weighted by Crippen LogP contribution is -2.30. The maximum atomic E-state index is 12.9. The van der Waals surface area contributed by atoms with Crippen molar-refractivity contribution in [1.82, 2.24) is 15.0 Å². The molecule has 1 unspecified atom stereocenters. The molecule has 1 aliphatic rings. The predicted molar refractivity (Wildman–Crippen MR) is 114 cm³/mol. The van der Waals surface area contributed by atoms with E-state index in [1.165, 1.54) is 46.3 Å². The van der Waals surface area contributed by atoms with Gasteiger partial charge in [-0.1, -0.05) is 6.92 Å². The van der Waals surface area contributed by atoms with Crippen LogP contribution in [0.4, 0.5) is 5.69 Å². The van der Waals surface area contributed by atoms with Gasteiger partial charge in [-0.3, -0.25) is 24.3 Å². The van der Waals surface area contributed by atoms with Crippen molar-refractivity contribution >= 4 is 39.4 Å². The highest BCUT2D eigenvalue weighted by atomic mass is 32.1. The lowest BCUT2D eigenvalue weighted by Gasteiger charge is -2.17. The molecule has 0 saturated heterocycles. The SMILES string of the molecule is CC1CCc2c(sc3ncn(CC(=O)N/N=C\c4ccc([N+](=O)[O-])cc4)c(=O)c23)C1. The summed E-state index contributed by atoms with van der Waals surface area (Å²) in [4.78, 5) is 41.6. The summed E-state index contributed by atoms with van der Waals surface area (Å²) in [5.74, 6) is 0.140. The summed E-state index contributed by atoms with van der Waals surface area (Å²) in [5, 5.41) is 15.1. The van der Waals surface area contributed by atoms with E-state index in [0.717, 1.165) is 29.7 Å². The number of amides is 1. The fraction of sp³-hybridized carbons (Fsp3) is 0.300. The largest absolute Gasteiger partial charge is 0.289 e. The van der Waals surface area contributed by atoms with E-state index >= 15 is 0 Å². The maximum absolute atomic E-state index is 12.9. The summed E-state index contributed by atoms with van der Waals surface area (Å²) in [6.45, 7) is 2.01. The van der Waals surface area contributed by atoms with Crippen LogP contribution < -0.4 is 11.0 Å². The topological polar surface area (TPSA) is 119 Å². The molecule has 1 amide bonds. The number of aryl methyl sites for hydroxylation is 1. The third kappa shape index (κ3) is 3.99. The van der Waals surface area contributed by atoms with Gasteiger partial charge in [0, 0.05) is 17.0 Å². The van der Waals surface area contributed by atoms with Crippen molar-refractivity contribution in [3.8, 4) is 0 Å². The first kappa shape index (κ1) is 19.9. The Kier molecular flexibility index (Phi) is 5.40. The van der Waals surface area contributed by atoms with Crippen molar-refractivity contribution in [3.05, 3.63) is 67.1 Å². The van der Waals surface area contributed by atoms with Crippen LogP contribution >= 0.6 is 11.3 Å². The lowest BCUT2D eigenvalue weighted by atomic mass is 9.89. The number of hydrazone groups is 1. The summed E-state index contributed by atoms with van der Waals surface area (Å²) in [7, 11) is 0. The predicted octanol–water partition coefficient (Wildman–Crippen LogP) is 2.64. The van der Waals surface area contributed by atoms with Crippen molar-refractivity contribution in [2.45, 2.75) is 32.7 Å². The summed E-state index contributed by atoms with van der Waals surface area (Å²) < 4.78 is 1.30. The molecule has 154 valence electrons. The van der Waals surface area contributed by atoms with E-state index in [4.69, 9.17) is 0 Å². The van der Waals surface area contributed by atoms with Crippen LogP contribution in [0.3, 0.4) is 0 Å². The molecule has 2 heterocycles. The summed E-state index contributed by atoms with van der Waals surface area (Å²) in [6.07, 6.45) is 5.65. The van der Waals surface area contributed by atoms with Gasteiger partial charge in [0.15, 0.2) is 0 Å². The van der Waals surface area contributed by atoms with Gasteiger partial charge >= 0.3 is 0 Å². The Morgan fingerprint density at radius 3 is 2.93 bits per heavy atom. The van der Waals surface area contributed by atoms with E-state index in [9.17, 15) is 19.7 Å². The Bertz CT molecular complexity index is 1210. The highest BCUT2D eigenvalue weighted by Gasteiger charge is 2.23. The third-order valence-electron chi connectivity index (χ3n) is 5.10. The van der Waals surface area contributed by atoms with Crippen LogP contribution in [0.15, 0.2) is 40.5 Å². The van der Waals surface area contributed by atoms with Crippen LogP contribution in [0.1, 0.15) is 29.3 Å². The number of nitrogens with one attached hydrogen (secondary N) is 1. The number of hydrogen-bond donors (Lipinski definition) is 1. The van der Waals surface area contributed by atoms with E-state index in [-0.39, 0.29) is 17.8 Å². The number of carbonyl (C=O) groups excluding carboxylic acids is 1. The number of nitro benzene ring substituents is 1. The average Bonchev–Trinajstić information content (AvgIpc) is 3.08. The molecule has 0 radical (unpaired) electrons. The minimum Gasteiger partial charge on any atom is -0.289 e. The zero-order valence-corrected chi connectivity index (χ0v) is 17.0. The standard InChI is InChI=1S/C20H19N5O4S/c1-12-2-7-15-16(8-12)30-19-18(15)20(27)24(11-21-19)10-17(26)23-22-9-13-3-5-14(6-4-13)25(28)29/h3-6,9,11-12H,2,7-8,10H2,1H3,(H,23,26)/b22-9-. The van der Waals surface area contributed by atoms with Gasteiger partial charge in [-0.05, 0) is 48.4 Å². The minimum atomic E-state index is -0.490. The second-order valence-corrected chi connectivity index (χ2v) is 8.43. The first-order valence-electron chi connectivity index (χ1n) is 9.48. The van der Waals surface area contributed by atoms with Crippen LogP contribution in [0.2, 0.25) is 0 Å². The highest BCUT2D eigenvalue weighted by Crippen LogP contribution is 2.35. The molecule has 1 atom stereocenters. The Hall–Kier alpha value is -3.40. The third-order valence-corrected chi connectivity index (χ3v) is 6.27. The monoisotopic (exact) mass is 425 g/mol. The summed E-state index contributed by atoms with van der Waals surface area (Å²) in [5.41, 5.74) is 3.81. The molecule has 0 aliphatic heterocycles. The molecule has 10 heteroatoms. The Labute approximate surface area is 175 Å². The normalized spacial score (nSPS) is 16.0. The Balaban J connectivity index is 1.46. The number of thiophene rings is 1. The molecular weight excluding hydrogens is 406 g/mol. The molecule has 3 aromatic rings. The zero-order valence-electron chi connectivity index (χ0n) is 16.2. The maximum Gasteiger partial charge on any atom is 0.269 e. The van der Waals surface area contributed by atoms with Crippen molar-refractivity contribution in [2.24, 2.45) is 11.0 Å². The molecule has 0 spiro atoms. The molecule has 9 nitrogen and oxygen atoms in total. The molecule has 2 aromatic heterocycles. The fourth-order valence-corrected chi connectivity index (χ4v) is 4.87. The van der Waals surface area contributed by atoms with Crippen LogP contribution in [-0.4, -0.2) is 26.6 Å². The smallest absolute Gasteiger partial charge is 0.269 e. The number of nitrogens with zero attached hydrogens (tertiary/aromatic N) is 4. The average molecular weight is 425 g/mol. The second-order valence-electron chi connectivity index (χ2n) is 7.35. The van der Waals surface area contributed by atoms with Gasteiger partial charge in [-0.2, -0.15) is 5.10 Å². The number of non-ortho nitro benzene ring substituents is 1. The van der Waals surface area contributed by atoms with E-state index in [2.05, 4.69) is 22.4 Å². The molecule has 0 saturated carbocycles. The minimum absolute atomic E-state index is 0.0245. The van der Waals surface area contributed by atoms with Gasteiger partial charge < -0.3 is 0 Å². The first-order chi connectivity index (χ1) is 14.4. The highest BCUT2D eigenvalue weighted by molar-refractivity contribution is 7.18. The Morgan fingerprint density at radius 1 is 1.43 bits per heavy atom. The number of rotatable bonds is 5. The van der Waals surface area contributed by atoms with E-state index in [1.807, 2.05) is 0 Å². The lowest BCUT2D eigenvalue weighted by molar-refractivity contribution is -0.384. The molecular formula is C20H19N5O4S. The number of hydrogen-bond acceptors (Lipinski definition) is 7. The second kappa shape index (κ2) is 8.15. The molecule has 1 N–H and O–H groups in total. The van der Waals surface area contributed by atoms with Gasteiger partial charge in [0.05, 0.1) is 22.9 Å². The first-order valence-corrected chi connectivity index (χ1v) is 10.3. The van der Waals surface area contributed by atoms with E-state index < -0.39 is 10.8 Å². The number of nitro groups is 1. The molecule has 4 rings (SSSR count). The van der Waals surface area contributed by atoms with Crippen LogP contribution in [0, 0.1) is 16.0 Å². The molecule has 0 bridgehead atoms. The van der Waals surface area contributed by atoms with Crippen molar-refractivity contribution < 1.29 is 9.72 Å². The quantitative estimate of drug-likeness (QED) is 0.383. The molecule has 0 fully saturated rings. The van der Waals surface area contributed by atoms with Crippen LogP contribution in [0.25, 0.3) is 10.2 Å². The van der Waals surface area contributed by atoms with E-state index in [0.29, 0.717) is 16.9 Å². The summed E-state index contributed by atoms with van der Waals surface area (Å²) >= 11 is 1.57. The van der Waals surface area contributed by atoms with Gasteiger partial charge in [0.25, 0.3) is 17.2 Å². The van der Waals surface area contributed by atoms with Gasteiger partial charge in [0.1, 0.15) is 11.4 Å². The Morgan fingerprint density at radius 2 is 2.20 bits per heavy atom. The van der Waals surface area contributed by atoms with Crippen LogP contribution in [-0.2, 0) is 24.2 Å². The van der Waals surface area contributed by atoms with Gasteiger partial charge in [-0.25, -0.2) is 10.4 Å². The van der Waals surface area contributed by atoms with Crippen LogP contribution in [0.5, 0.6) is 0 Å². The van der Waals surface area contributed by atoms with E-state index in [1.54, 1.807) is 11.3 Å². The fourth-order valence-electron chi connectivity index (χ4n) is 3.53. The molecule has 30 heavy (non-hydrogen) atoms. The number of carbonyl (C=O) groups is 1. The van der Waals surface area contributed by atoms with Crippen molar-refractivity contribution in [1.29, 1.82) is 0 Å².